The molecular formula is C57H72N12O5. The predicted octanol–water partition coefficient (Wildman–Crippen LogP) is 7.11. The van der Waals surface area contributed by atoms with E-state index in [1.54, 1.807) is 6.20 Å². The number of nitrogens with one attached hydrogen (secondary N) is 2. The van der Waals surface area contributed by atoms with Crippen LogP contribution < -0.4 is 25.3 Å². The van der Waals surface area contributed by atoms with Gasteiger partial charge >= 0.3 is 6.03 Å². The van der Waals surface area contributed by atoms with Gasteiger partial charge < -0.3 is 34.4 Å². The predicted molar refractivity (Wildman–Crippen MR) is 283 cm³/mol. The first-order chi connectivity index (χ1) is 35.8. The number of pyridine rings is 2. The fourth-order valence-electron chi connectivity index (χ4n) is 14.5. The Hall–Kier alpha value is -6.10. The van der Waals surface area contributed by atoms with Crippen molar-refractivity contribution in [2.24, 2.45) is 23.2 Å². The Bertz CT molecular complexity index is 2870. The van der Waals surface area contributed by atoms with E-state index in [2.05, 4.69) is 74.9 Å². The Morgan fingerprint density at radius 2 is 1.53 bits per heavy atom. The molecule has 2 unspecified atom stereocenters. The van der Waals surface area contributed by atoms with E-state index in [1.165, 1.54) is 24.2 Å². The van der Waals surface area contributed by atoms with E-state index in [1.807, 2.05) is 28.3 Å². The summed E-state index contributed by atoms with van der Waals surface area (Å²) in [6.45, 7) is 12.8. The van der Waals surface area contributed by atoms with Gasteiger partial charge in [-0.15, -0.1) is 0 Å². The number of carbonyl (C=O) groups excluding carboxylic acids is 5. The third-order valence-electron chi connectivity index (χ3n) is 19.2. The highest BCUT2D eigenvalue weighted by atomic mass is 16.2. The number of likely N-dealkylation sites (tertiary alicyclic amines) is 3. The zero-order valence-electron chi connectivity index (χ0n) is 43.4. The van der Waals surface area contributed by atoms with Gasteiger partial charge in [-0.3, -0.25) is 29.4 Å². The summed E-state index contributed by atoms with van der Waals surface area (Å²) in [4.78, 5) is 96.1. The largest absolute Gasteiger partial charge is 0.366 e. The Balaban J connectivity index is 0.680. The van der Waals surface area contributed by atoms with E-state index in [4.69, 9.17) is 15.0 Å². The molecule has 3 aromatic heterocycles. The number of anilines is 4. The second kappa shape index (κ2) is 18.3. The maximum atomic E-state index is 15.3. The van der Waals surface area contributed by atoms with E-state index < -0.39 is 16.9 Å². The first kappa shape index (κ1) is 47.6. The molecule has 2 N–H and O–H groups in total. The van der Waals surface area contributed by atoms with Gasteiger partial charge in [-0.05, 0) is 146 Å². The average molecular weight is 1010 g/mol. The number of imide groups is 1. The highest BCUT2D eigenvalue weighted by Crippen LogP contribution is 2.53. The first-order valence-corrected chi connectivity index (χ1v) is 28.1. The van der Waals surface area contributed by atoms with Crippen LogP contribution in [0.5, 0.6) is 0 Å². The van der Waals surface area contributed by atoms with Crippen molar-refractivity contribution in [2.75, 3.05) is 78.9 Å². The zero-order valence-corrected chi connectivity index (χ0v) is 43.4. The maximum absolute atomic E-state index is 15.3. The van der Waals surface area contributed by atoms with Crippen molar-refractivity contribution < 1.29 is 24.0 Å². The van der Waals surface area contributed by atoms with E-state index in [0.717, 1.165) is 110 Å². The molecule has 3 aliphatic carbocycles. The van der Waals surface area contributed by atoms with Crippen LogP contribution >= 0.6 is 0 Å². The summed E-state index contributed by atoms with van der Waals surface area (Å²) in [7, 11) is 0. The number of urea groups is 1. The number of amides is 6. The van der Waals surface area contributed by atoms with Crippen LogP contribution in [0.4, 0.5) is 27.8 Å². The van der Waals surface area contributed by atoms with Gasteiger partial charge in [-0.25, -0.2) is 19.7 Å². The van der Waals surface area contributed by atoms with Crippen molar-refractivity contribution in [1.82, 2.24) is 39.5 Å². The molecule has 9 heterocycles. The summed E-state index contributed by atoms with van der Waals surface area (Å²) >= 11 is 0. The number of imidazole rings is 1. The number of hydrogen-bond acceptors (Lipinski definition) is 11. The Labute approximate surface area is 433 Å². The minimum atomic E-state index is -0.688. The third kappa shape index (κ3) is 8.12. The van der Waals surface area contributed by atoms with Crippen molar-refractivity contribution in [3.05, 3.63) is 54.5 Å². The summed E-state index contributed by atoms with van der Waals surface area (Å²) in [5.41, 5.74) is 5.29. The molecule has 2 bridgehead atoms. The summed E-state index contributed by atoms with van der Waals surface area (Å²) in [5, 5.41) is 6.09. The molecule has 74 heavy (non-hydrogen) atoms. The quantitative estimate of drug-likeness (QED) is 0.166. The Morgan fingerprint density at radius 1 is 0.797 bits per heavy atom. The van der Waals surface area contributed by atoms with Gasteiger partial charge in [-0.1, -0.05) is 25.5 Å². The van der Waals surface area contributed by atoms with Gasteiger partial charge in [0.25, 0.3) is 0 Å². The number of benzene rings is 1. The lowest BCUT2D eigenvalue weighted by atomic mass is 9.72. The molecule has 2 atom stereocenters. The smallest absolute Gasteiger partial charge is 0.328 e. The van der Waals surface area contributed by atoms with Gasteiger partial charge in [0.05, 0.1) is 34.8 Å². The van der Waals surface area contributed by atoms with Crippen LogP contribution in [0.25, 0.3) is 22.3 Å². The van der Waals surface area contributed by atoms with Crippen LogP contribution in [0.1, 0.15) is 122 Å². The molecule has 1 spiro atoms. The number of carbonyl (C=O) groups is 5. The van der Waals surface area contributed by atoms with Gasteiger partial charge in [-0.2, -0.15) is 0 Å². The molecule has 8 fully saturated rings. The second-order valence-electron chi connectivity index (χ2n) is 24.1. The van der Waals surface area contributed by atoms with Crippen LogP contribution in [0.3, 0.4) is 0 Å². The third-order valence-corrected chi connectivity index (χ3v) is 19.2. The SMILES string of the molecule is CC(C)n1cnc2cc(-c3ccc4c(c3)N(C3CC(N5CCCCC5)C3)C(=O)C43CCN(C(=O)C4(C)CCN(C(=O)C5C6CCC5CN(c5ccc(N7CCC(=O)NC7=O)cn5)C6)CC4)CC3)nc(NC3CC3)c21. The van der Waals surface area contributed by atoms with Gasteiger partial charge in [0.15, 0.2) is 5.82 Å². The summed E-state index contributed by atoms with van der Waals surface area (Å²) < 4.78 is 2.20. The molecule has 390 valence electrons. The lowest BCUT2D eigenvalue weighted by Gasteiger charge is -2.48. The Morgan fingerprint density at radius 3 is 2.20 bits per heavy atom. The van der Waals surface area contributed by atoms with Gasteiger partial charge in [0, 0.05) is 99.0 Å². The minimum absolute atomic E-state index is 0.0344. The molecular weight excluding hydrogens is 933 g/mol. The number of piperidine rings is 4. The molecule has 6 aliphatic heterocycles. The van der Waals surface area contributed by atoms with Crippen LogP contribution in [0.2, 0.25) is 0 Å². The fourth-order valence-corrected chi connectivity index (χ4v) is 14.5. The highest BCUT2D eigenvalue weighted by molar-refractivity contribution is 6.10. The van der Waals surface area contributed by atoms with E-state index in [9.17, 15) is 19.2 Å². The van der Waals surface area contributed by atoms with Crippen LogP contribution in [0, 0.1) is 23.2 Å². The molecule has 0 radical (unpaired) electrons. The van der Waals surface area contributed by atoms with Gasteiger partial charge in [0.2, 0.25) is 23.6 Å². The van der Waals surface area contributed by atoms with Crippen LogP contribution in [-0.2, 0) is 24.6 Å². The lowest BCUT2D eigenvalue weighted by molar-refractivity contribution is -0.151. The van der Waals surface area contributed by atoms with E-state index in [-0.39, 0.29) is 59.9 Å². The number of fused-ring (bicyclic) bond motifs is 5. The molecule has 5 saturated heterocycles. The minimum Gasteiger partial charge on any atom is -0.366 e. The van der Waals surface area contributed by atoms with Crippen molar-refractivity contribution in [2.45, 2.75) is 140 Å². The molecule has 6 amide bonds. The van der Waals surface area contributed by atoms with Gasteiger partial charge in [0.1, 0.15) is 11.3 Å². The van der Waals surface area contributed by atoms with Crippen LogP contribution in [0.15, 0.2) is 48.9 Å². The number of hydrogen-bond donors (Lipinski definition) is 2. The van der Waals surface area contributed by atoms with Crippen molar-refractivity contribution in [3.8, 4) is 11.3 Å². The molecule has 3 saturated carbocycles. The van der Waals surface area contributed by atoms with E-state index >= 15 is 4.79 Å². The molecule has 17 heteroatoms. The average Bonchev–Trinajstić information content (AvgIpc) is 3.99. The number of aromatic nitrogens is 4. The molecule has 13 rings (SSSR count). The molecule has 1 aromatic carbocycles. The van der Waals surface area contributed by atoms with Crippen LogP contribution in [-0.4, -0.2) is 141 Å². The molecule has 4 aromatic rings. The van der Waals surface area contributed by atoms with Crippen molar-refractivity contribution in [3.63, 3.8) is 0 Å². The number of nitrogens with zero attached hydrogens (tertiary/aromatic N) is 10. The van der Waals surface area contributed by atoms with Crippen molar-refractivity contribution in [1.29, 1.82) is 0 Å². The summed E-state index contributed by atoms with van der Waals surface area (Å²) in [6.07, 6.45) is 16.4. The van der Waals surface area contributed by atoms with E-state index in [0.29, 0.717) is 76.2 Å². The monoisotopic (exact) mass is 1000 g/mol. The lowest BCUT2D eigenvalue weighted by Crippen LogP contribution is -2.59. The topological polar surface area (TPSA) is 172 Å². The first-order valence-electron chi connectivity index (χ1n) is 28.1. The second-order valence-corrected chi connectivity index (χ2v) is 24.1. The zero-order chi connectivity index (χ0) is 50.6. The number of rotatable bonds is 10. The molecule has 9 aliphatic rings. The standard InChI is InChI=1S/C57H72N12O5/c1-35(2)68-34-59-45-30-44(61-51(50(45)68)60-39-10-11-39)36-9-13-43-46(27-36)69(42-28-41(29-42)63-20-5-4-6-21-63)54(73)57(43)18-25-65(26-19-57)53(72)56(3)16-23-64(24-17-56)52(71)49-37-7-8-38(49)33-66(32-37)47-14-12-40(31-58-47)67-22-15-48(70)62-55(67)74/h9,12-14,27,30-31,34-35,37-39,41-42,49H,4-8,10-11,15-26,28-29,32-33H2,1-3H3,(H,60,61)(H,62,70,74). The maximum Gasteiger partial charge on any atom is 0.328 e. The molecule has 17 nitrogen and oxygen atoms in total. The van der Waals surface area contributed by atoms with Crippen molar-refractivity contribution >= 4 is 63.7 Å². The Kier molecular flexibility index (Phi) is 11.8. The summed E-state index contributed by atoms with van der Waals surface area (Å²) in [6, 6.07) is 13.4. The fraction of sp³-hybridized carbons (Fsp3) is 0.614. The normalized spacial score (nSPS) is 27.8. The highest BCUT2D eigenvalue weighted by Gasteiger charge is 2.57. The summed E-state index contributed by atoms with van der Waals surface area (Å²) in [5.74, 6) is 2.45.